The van der Waals surface area contributed by atoms with Gasteiger partial charge in [0.05, 0.1) is 0 Å². The van der Waals surface area contributed by atoms with E-state index in [1.807, 2.05) is 36.4 Å². The van der Waals surface area contributed by atoms with Crippen molar-refractivity contribution in [3.8, 4) is 12.1 Å². The average molecular weight is 600 g/mol. The van der Waals surface area contributed by atoms with Crippen LogP contribution in [0.1, 0.15) is 31.8 Å². The molecule has 0 spiro atoms. The fraction of sp³-hybridized carbons (Fsp3) is 0. The van der Waals surface area contributed by atoms with Crippen molar-refractivity contribution in [3.63, 3.8) is 0 Å². The molecule has 0 aliphatic rings. The van der Waals surface area contributed by atoms with Gasteiger partial charge in [-0.3, -0.25) is 0 Å². The maximum atomic E-state index is 13.0. The first-order valence-corrected chi connectivity index (χ1v) is 16.8. The van der Waals surface area contributed by atoms with Gasteiger partial charge in [0.25, 0.3) is 0 Å². The second-order valence-corrected chi connectivity index (χ2v) is 13.6. The average Bonchev–Trinajstić information content (AvgIpc) is 2.93. The Morgan fingerprint density at radius 1 is 0.556 bits per heavy atom. The van der Waals surface area contributed by atoms with Gasteiger partial charge in [0, 0.05) is 0 Å². The quantitative estimate of drug-likeness (QED) is 0.318. The van der Waals surface area contributed by atoms with Crippen LogP contribution in [0.15, 0.2) is 97.1 Å². The minimum atomic E-state index is -0.208. The van der Waals surface area contributed by atoms with E-state index in [1.54, 1.807) is 60.7 Å². The van der Waals surface area contributed by atoms with Crippen molar-refractivity contribution < 1.29 is 9.59 Å². The normalized spacial score (nSPS) is 10.1. The minimum absolute atomic E-state index is 0.0452. The molecule has 0 saturated carbocycles. The van der Waals surface area contributed by atoms with Crippen molar-refractivity contribution in [3.05, 3.63) is 119 Å². The predicted octanol–water partition coefficient (Wildman–Crippen LogP) is 3.21. The summed E-state index contributed by atoms with van der Waals surface area (Å²) in [5.41, 5.74) is 3.50. The fourth-order valence-corrected chi connectivity index (χ4v) is 10.3. The van der Waals surface area contributed by atoms with E-state index in [9.17, 15) is 9.59 Å². The summed E-state index contributed by atoms with van der Waals surface area (Å²) in [6.07, 6.45) is 0. The number of hydrogen-bond acceptors (Lipinski definition) is 4. The molecule has 0 unspecified atom stereocenters. The van der Waals surface area contributed by atoms with E-state index in [2.05, 4.69) is 22.8 Å². The van der Waals surface area contributed by atoms with Crippen LogP contribution in [0.5, 0.6) is 0 Å². The summed E-state index contributed by atoms with van der Waals surface area (Å²) < 4.78 is 1.91. The molecule has 0 radical (unpaired) electrons. The van der Waals surface area contributed by atoms with Gasteiger partial charge in [0.1, 0.15) is 0 Å². The molecule has 4 rings (SSSR count). The summed E-state index contributed by atoms with van der Waals surface area (Å²) in [6, 6.07) is 32.6. The zero-order valence-electron chi connectivity index (χ0n) is 18.8. The Kier molecular flexibility index (Phi) is 8.31. The van der Waals surface area contributed by atoms with Gasteiger partial charge >= 0.3 is 221 Å². The maximum absolute atomic E-state index is 13.0. The SMILES string of the molecule is N#Cc1ccc(NC(=O)c2ccccc2[Se][Se]c2ccccc2C(=O)Nc2ccc(C#N)cc2)cc1. The van der Waals surface area contributed by atoms with Crippen LogP contribution in [-0.4, -0.2) is 38.1 Å². The van der Waals surface area contributed by atoms with Gasteiger partial charge in [-0.05, 0) is 0 Å². The van der Waals surface area contributed by atoms with Gasteiger partial charge in [-0.1, -0.05) is 0 Å². The standard InChI is InChI=1S/C28H18N4O2Se2/c29-17-19-9-13-21(14-10-19)31-27(33)23-5-1-3-7-25(23)35-36-26-8-4-2-6-24(26)28(34)32-22-15-11-20(18-30)12-16-22/h1-16H,(H,31,33)(H,32,34). The Bertz CT molecular complexity index is 1370. The van der Waals surface area contributed by atoms with Crippen LogP contribution in [0.4, 0.5) is 11.4 Å². The van der Waals surface area contributed by atoms with Crippen LogP contribution < -0.4 is 19.6 Å². The summed E-state index contributed by atoms with van der Waals surface area (Å²) in [5.74, 6) is -0.417. The number of benzene rings is 4. The third-order valence-electron chi connectivity index (χ3n) is 5.03. The van der Waals surface area contributed by atoms with Crippen molar-refractivity contribution in [2.75, 3.05) is 10.6 Å². The summed E-state index contributed by atoms with van der Waals surface area (Å²) in [5, 5.41) is 23.7. The number of nitrogens with zero attached hydrogens (tertiary/aromatic N) is 2. The molecule has 0 fully saturated rings. The number of rotatable bonds is 7. The molecule has 174 valence electrons. The molecule has 2 N–H and O–H groups in total. The molecule has 4 aromatic carbocycles. The molecule has 36 heavy (non-hydrogen) atoms. The van der Waals surface area contributed by atoms with Crippen LogP contribution in [0.25, 0.3) is 0 Å². The van der Waals surface area contributed by atoms with Crippen molar-refractivity contribution in [2.24, 2.45) is 0 Å². The molecule has 0 atom stereocenters. The molecule has 0 bridgehead atoms. The first kappa shape index (κ1) is 24.9. The molecule has 0 saturated heterocycles. The Morgan fingerprint density at radius 3 is 1.28 bits per heavy atom. The summed E-state index contributed by atoms with van der Waals surface area (Å²) >= 11 is -0.0904. The van der Waals surface area contributed by atoms with Crippen molar-refractivity contribution in [1.82, 2.24) is 0 Å². The van der Waals surface area contributed by atoms with E-state index in [-0.39, 0.29) is 38.1 Å². The van der Waals surface area contributed by atoms with Gasteiger partial charge in [-0.25, -0.2) is 0 Å². The van der Waals surface area contributed by atoms with E-state index in [0.29, 0.717) is 33.6 Å². The third kappa shape index (κ3) is 6.28. The summed E-state index contributed by atoms with van der Waals surface area (Å²) in [7, 11) is 0. The number of anilines is 2. The first-order valence-electron chi connectivity index (χ1n) is 10.7. The van der Waals surface area contributed by atoms with Crippen molar-refractivity contribution in [1.29, 1.82) is 10.5 Å². The van der Waals surface area contributed by atoms with E-state index in [1.165, 1.54) is 0 Å². The Hall–Kier alpha value is -4.16. The van der Waals surface area contributed by atoms with Crippen LogP contribution >= 0.6 is 0 Å². The summed E-state index contributed by atoms with van der Waals surface area (Å²) in [4.78, 5) is 26.0. The molecule has 0 heterocycles. The molecule has 0 aliphatic carbocycles. The van der Waals surface area contributed by atoms with Gasteiger partial charge in [-0.15, -0.1) is 0 Å². The van der Waals surface area contributed by atoms with Gasteiger partial charge in [-0.2, -0.15) is 0 Å². The zero-order valence-corrected chi connectivity index (χ0v) is 22.2. The number of amides is 2. The van der Waals surface area contributed by atoms with Crippen molar-refractivity contribution >= 4 is 58.4 Å². The monoisotopic (exact) mass is 602 g/mol. The van der Waals surface area contributed by atoms with Gasteiger partial charge in [0.15, 0.2) is 0 Å². The number of nitriles is 2. The van der Waals surface area contributed by atoms with Gasteiger partial charge < -0.3 is 0 Å². The van der Waals surface area contributed by atoms with E-state index in [0.717, 1.165) is 8.92 Å². The Balaban J connectivity index is 1.47. The second kappa shape index (κ2) is 12.0. The van der Waals surface area contributed by atoms with Crippen LogP contribution in [0.2, 0.25) is 0 Å². The van der Waals surface area contributed by atoms with Crippen LogP contribution in [0.3, 0.4) is 0 Å². The molecule has 8 heteroatoms. The molecular weight excluding hydrogens is 582 g/mol. The number of nitrogens with one attached hydrogen (secondary N) is 2. The summed E-state index contributed by atoms with van der Waals surface area (Å²) in [6.45, 7) is 0. The molecule has 2 amide bonds. The van der Waals surface area contributed by atoms with Crippen LogP contribution in [-0.2, 0) is 0 Å². The number of hydrogen-bond donors (Lipinski definition) is 2. The fourth-order valence-electron chi connectivity index (χ4n) is 3.20. The number of carbonyl (C=O) groups excluding carboxylic acids is 2. The molecule has 0 aliphatic heterocycles. The first-order chi connectivity index (χ1) is 17.6. The second-order valence-electron chi connectivity index (χ2n) is 7.45. The predicted molar refractivity (Wildman–Crippen MR) is 142 cm³/mol. The Labute approximate surface area is 219 Å². The molecular formula is C28H18N4O2Se2. The van der Waals surface area contributed by atoms with E-state index >= 15 is 0 Å². The third-order valence-corrected chi connectivity index (χ3v) is 12.3. The molecule has 4 aromatic rings. The van der Waals surface area contributed by atoms with Crippen LogP contribution in [0, 0.1) is 22.7 Å². The van der Waals surface area contributed by atoms with Crippen molar-refractivity contribution in [2.45, 2.75) is 0 Å². The van der Waals surface area contributed by atoms with E-state index in [4.69, 9.17) is 10.5 Å². The Morgan fingerprint density at radius 2 is 0.917 bits per heavy atom. The topological polar surface area (TPSA) is 106 Å². The molecule has 6 nitrogen and oxygen atoms in total. The van der Waals surface area contributed by atoms with Gasteiger partial charge in [0.2, 0.25) is 0 Å². The zero-order chi connectivity index (χ0) is 25.3. The molecule has 0 aromatic heterocycles. The number of carbonyl (C=O) groups is 2. The van der Waals surface area contributed by atoms with E-state index < -0.39 is 0 Å².